The quantitative estimate of drug-likeness (QED) is 0.803. The van der Waals surface area contributed by atoms with Gasteiger partial charge in [0.2, 0.25) is 0 Å². The van der Waals surface area contributed by atoms with E-state index < -0.39 is 11.7 Å². The molecule has 0 aliphatic carbocycles. The minimum Gasteiger partial charge on any atom is -0.489 e. The molecular formula is C11H17N3O3. The summed E-state index contributed by atoms with van der Waals surface area (Å²) >= 11 is 0. The van der Waals surface area contributed by atoms with Crippen LogP contribution in [0.4, 0.5) is 4.79 Å². The third-order valence-corrected chi connectivity index (χ3v) is 1.58. The topological polar surface area (TPSA) is 73.3 Å². The first-order chi connectivity index (χ1) is 7.97. The zero-order valence-electron chi connectivity index (χ0n) is 10.3. The second kappa shape index (κ2) is 6.03. The molecule has 0 aliphatic rings. The molecule has 1 aromatic heterocycles. The van der Waals surface area contributed by atoms with Gasteiger partial charge in [-0.2, -0.15) is 0 Å². The van der Waals surface area contributed by atoms with Crippen molar-refractivity contribution < 1.29 is 14.3 Å². The summed E-state index contributed by atoms with van der Waals surface area (Å²) in [6.07, 6.45) is 4.08. The highest BCUT2D eigenvalue weighted by molar-refractivity contribution is 5.67. The molecule has 0 saturated carbocycles. The number of hydrogen-bond donors (Lipinski definition) is 1. The van der Waals surface area contributed by atoms with E-state index in [1.165, 1.54) is 6.33 Å². The van der Waals surface area contributed by atoms with Crippen LogP contribution >= 0.6 is 0 Å². The summed E-state index contributed by atoms with van der Waals surface area (Å²) in [5, 5.41) is 2.58. The number of amides is 1. The number of carbonyl (C=O) groups excluding carboxylic acids is 1. The van der Waals surface area contributed by atoms with Gasteiger partial charge in [0.1, 0.15) is 18.5 Å². The maximum Gasteiger partial charge on any atom is 0.407 e. The lowest BCUT2D eigenvalue weighted by Gasteiger charge is -2.19. The molecule has 0 atom stereocenters. The smallest absolute Gasteiger partial charge is 0.407 e. The summed E-state index contributed by atoms with van der Waals surface area (Å²) in [6, 6.07) is 0. The Bertz CT molecular complexity index is 349. The minimum atomic E-state index is -0.488. The fraction of sp³-hybridized carbons (Fsp3) is 0.545. The van der Waals surface area contributed by atoms with Crippen LogP contribution in [-0.2, 0) is 4.74 Å². The van der Waals surface area contributed by atoms with Crippen molar-refractivity contribution in [2.75, 3.05) is 13.2 Å². The molecular weight excluding hydrogens is 222 g/mol. The van der Waals surface area contributed by atoms with Gasteiger partial charge in [0.15, 0.2) is 5.75 Å². The van der Waals surface area contributed by atoms with Crippen molar-refractivity contribution in [2.45, 2.75) is 26.4 Å². The van der Waals surface area contributed by atoms with E-state index in [9.17, 15) is 4.79 Å². The molecule has 1 aromatic rings. The van der Waals surface area contributed by atoms with Crippen LogP contribution in [0.25, 0.3) is 0 Å². The van der Waals surface area contributed by atoms with Crippen LogP contribution in [0.5, 0.6) is 5.75 Å². The number of ether oxygens (including phenoxy) is 2. The molecule has 0 fully saturated rings. The van der Waals surface area contributed by atoms with Gasteiger partial charge in [-0.25, -0.2) is 14.8 Å². The molecule has 6 heteroatoms. The molecule has 0 saturated heterocycles. The molecule has 1 heterocycles. The van der Waals surface area contributed by atoms with E-state index >= 15 is 0 Å². The summed E-state index contributed by atoms with van der Waals surface area (Å²) in [4.78, 5) is 18.9. The lowest BCUT2D eigenvalue weighted by Crippen LogP contribution is -2.34. The van der Waals surface area contributed by atoms with Gasteiger partial charge in [0, 0.05) is 0 Å². The minimum absolute atomic E-state index is 0.340. The van der Waals surface area contributed by atoms with Crippen molar-refractivity contribution in [3.05, 3.63) is 18.7 Å². The third kappa shape index (κ3) is 6.34. The molecule has 94 valence electrons. The molecule has 0 aliphatic heterocycles. The van der Waals surface area contributed by atoms with Crippen molar-refractivity contribution in [1.82, 2.24) is 15.3 Å². The van der Waals surface area contributed by atoms with Gasteiger partial charge in [-0.05, 0) is 20.8 Å². The van der Waals surface area contributed by atoms with E-state index in [0.717, 1.165) is 0 Å². The average molecular weight is 239 g/mol. The SMILES string of the molecule is CC(C)(C)OC(=O)NCCOc1cncnc1. The molecule has 1 N–H and O–H groups in total. The first-order valence-corrected chi connectivity index (χ1v) is 5.32. The van der Waals surface area contributed by atoms with Crippen molar-refractivity contribution in [3.8, 4) is 5.75 Å². The van der Waals surface area contributed by atoms with E-state index in [-0.39, 0.29) is 0 Å². The molecule has 0 bridgehead atoms. The average Bonchev–Trinajstić information content (AvgIpc) is 2.23. The summed E-state index contributed by atoms with van der Waals surface area (Å²) < 4.78 is 10.4. The molecule has 0 aromatic carbocycles. The van der Waals surface area contributed by atoms with Gasteiger partial charge < -0.3 is 14.8 Å². The summed E-state index contributed by atoms with van der Waals surface area (Å²) in [6.45, 7) is 6.13. The maximum atomic E-state index is 11.3. The van der Waals surface area contributed by atoms with Gasteiger partial charge in [-0.1, -0.05) is 0 Å². The normalized spacial score (nSPS) is 10.8. The van der Waals surface area contributed by atoms with Crippen molar-refractivity contribution in [2.24, 2.45) is 0 Å². The maximum absolute atomic E-state index is 11.3. The highest BCUT2D eigenvalue weighted by Crippen LogP contribution is 2.06. The summed E-state index contributed by atoms with van der Waals surface area (Å²) in [5.41, 5.74) is -0.488. The second-order valence-corrected chi connectivity index (χ2v) is 4.35. The zero-order chi connectivity index (χ0) is 12.7. The number of alkyl carbamates (subject to hydrolysis) is 1. The Morgan fingerprint density at radius 2 is 2.00 bits per heavy atom. The fourth-order valence-corrected chi connectivity index (χ4v) is 0.996. The van der Waals surface area contributed by atoms with E-state index in [2.05, 4.69) is 15.3 Å². The van der Waals surface area contributed by atoms with Gasteiger partial charge in [0.25, 0.3) is 0 Å². The Kier molecular flexibility index (Phi) is 4.68. The lowest BCUT2D eigenvalue weighted by molar-refractivity contribution is 0.0520. The molecule has 0 spiro atoms. The van der Waals surface area contributed by atoms with Crippen LogP contribution in [0.3, 0.4) is 0 Å². The Labute approximate surface area is 100 Å². The first kappa shape index (κ1) is 13.2. The van der Waals surface area contributed by atoms with Crippen LogP contribution in [0.1, 0.15) is 20.8 Å². The van der Waals surface area contributed by atoms with E-state index in [0.29, 0.717) is 18.9 Å². The van der Waals surface area contributed by atoms with Crippen LogP contribution in [0.2, 0.25) is 0 Å². The molecule has 6 nitrogen and oxygen atoms in total. The van der Waals surface area contributed by atoms with Crippen LogP contribution < -0.4 is 10.1 Å². The lowest BCUT2D eigenvalue weighted by atomic mass is 10.2. The second-order valence-electron chi connectivity index (χ2n) is 4.35. The Morgan fingerprint density at radius 3 is 2.59 bits per heavy atom. The van der Waals surface area contributed by atoms with E-state index in [4.69, 9.17) is 9.47 Å². The highest BCUT2D eigenvalue weighted by atomic mass is 16.6. The molecule has 1 rings (SSSR count). The molecule has 1 amide bonds. The fourth-order valence-electron chi connectivity index (χ4n) is 0.996. The van der Waals surface area contributed by atoms with Crippen LogP contribution in [0, 0.1) is 0 Å². The predicted molar refractivity (Wildman–Crippen MR) is 61.8 cm³/mol. The zero-order valence-corrected chi connectivity index (χ0v) is 10.3. The van der Waals surface area contributed by atoms with Gasteiger partial charge in [-0.3, -0.25) is 0 Å². The first-order valence-electron chi connectivity index (χ1n) is 5.32. The Balaban J connectivity index is 2.14. The highest BCUT2D eigenvalue weighted by Gasteiger charge is 2.15. The van der Waals surface area contributed by atoms with E-state index in [1.807, 2.05) is 20.8 Å². The van der Waals surface area contributed by atoms with E-state index in [1.54, 1.807) is 12.4 Å². The Hall–Kier alpha value is -1.85. The number of carbonyl (C=O) groups is 1. The number of rotatable bonds is 4. The number of nitrogens with one attached hydrogen (secondary N) is 1. The van der Waals surface area contributed by atoms with Crippen molar-refractivity contribution >= 4 is 6.09 Å². The number of aromatic nitrogens is 2. The summed E-state index contributed by atoms with van der Waals surface area (Å²) in [5.74, 6) is 0.568. The monoisotopic (exact) mass is 239 g/mol. The Morgan fingerprint density at radius 1 is 1.35 bits per heavy atom. The van der Waals surface area contributed by atoms with Crippen molar-refractivity contribution in [3.63, 3.8) is 0 Å². The van der Waals surface area contributed by atoms with Gasteiger partial charge >= 0.3 is 6.09 Å². The van der Waals surface area contributed by atoms with Gasteiger partial charge in [0.05, 0.1) is 18.9 Å². The van der Waals surface area contributed by atoms with Crippen molar-refractivity contribution in [1.29, 1.82) is 0 Å². The van der Waals surface area contributed by atoms with Crippen LogP contribution in [-0.4, -0.2) is 34.8 Å². The largest absolute Gasteiger partial charge is 0.489 e. The molecule has 0 radical (unpaired) electrons. The number of nitrogens with zero attached hydrogens (tertiary/aromatic N) is 2. The molecule has 17 heavy (non-hydrogen) atoms. The summed E-state index contributed by atoms with van der Waals surface area (Å²) in [7, 11) is 0. The van der Waals surface area contributed by atoms with Gasteiger partial charge in [-0.15, -0.1) is 0 Å². The standard InChI is InChI=1S/C11H17N3O3/c1-11(2,3)17-10(15)14-4-5-16-9-6-12-8-13-7-9/h6-8H,4-5H2,1-3H3,(H,14,15). The predicted octanol–water partition coefficient (Wildman–Crippen LogP) is 1.38. The third-order valence-electron chi connectivity index (χ3n) is 1.58. The number of hydrogen-bond acceptors (Lipinski definition) is 5. The van der Waals surface area contributed by atoms with Crippen LogP contribution in [0.15, 0.2) is 18.7 Å². The molecule has 0 unspecified atom stereocenters.